The van der Waals surface area contributed by atoms with Crippen molar-refractivity contribution in [1.82, 2.24) is 0 Å². The molecule has 0 N–H and O–H groups in total. The van der Waals surface area contributed by atoms with Gasteiger partial charge in [0.1, 0.15) is 5.75 Å². The van der Waals surface area contributed by atoms with Gasteiger partial charge in [-0.2, -0.15) is 4.31 Å². The van der Waals surface area contributed by atoms with Crippen LogP contribution in [0.25, 0.3) is 0 Å². The summed E-state index contributed by atoms with van der Waals surface area (Å²) in [5.41, 5.74) is 1.33. The van der Waals surface area contributed by atoms with Gasteiger partial charge in [0.05, 0.1) is 10.6 Å². The predicted octanol–water partition coefficient (Wildman–Crippen LogP) is 6.63. The van der Waals surface area contributed by atoms with Crippen LogP contribution < -0.4 is 9.04 Å². The van der Waals surface area contributed by atoms with E-state index < -0.39 is 22.0 Å². The smallest absolute Gasteiger partial charge is 0.281 e. The number of anilines is 1. The second kappa shape index (κ2) is 11.2. The minimum Gasteiger partial charge on any atom is -0.481 e. The zero-order valence-electron chi connectivity index (χ0n) is 18.4. The third-order valence-corrected chi connectivity index (χ3v) is 7.48. The normalized spacial score (nSPS) is 12.2. The van der Waals surface area contributed by atoms with Gasteiger partial charge < -0.3 is 4.74 Å². The molecule has 0 fully saturated rings. The van der Waals surface area contributed by atoms with Crippen LogP contribution in [0.1, 0.15) is 32.3 Å². The number of carbonyl (C=O) groups is 1. The molecule has 0 saturated carbocycles. The van der Waals surface area contributed by atoms with Crippen LogP contribution in [0, 0.1) is 0 Å². The molecule has 3 aromatic carbocycles. The Labute approximate surface area is 208 Å². The summed E-state index contributed by atoms with van der Waals surface area (Å²) in [6.07, 6.45) is 1.92. The lowest BCUT2D eigenvalue weighted by molar-refractivity contribution is -0.123. The standard InChI is InChI=1S/C25H25BrClNO4S/c1-3-4-6-19-9-13-22(14-10-19)28(33(30,31)24-15-11-21(27)12-16-24)25(29)18(2)32-23-8-5-7-20(26)17-23/h5,7-18H,3-4,6H2,1-2H3. The zero-order valence-corrected chi connectivity index (χ0v) is 21.5. The molecule has 0 aromatic heterocycles. The fourth-order valence-corrected chi connectivity index (χ4v) is 5.21. The van der Waals surface area contributed by atoms with Crippen molar-refractivity contribution in [2.45, 2.75) is 44.1 Å². The predicted molar refractivity (Wildman–Crippen MR) is 135 cm³/mol. The molecular weight excluding hydrogens is 526 g/mol. The summed E-state index contributed by atoms with van der Waals surface area (Å²) in [4.78, 5) is 13.4. The lowest BCUT2D eigenvalue weighted by Gasteiger charge is -2.26. The number of aryl methyl sites for hydroxylation is 1. The number of halogens is 2. The van der Waals surface area contributed by atoms with Crippen molar-refractivity contribution in [3.8, 4) is 5.75 Å². The second-order valence-electron chi connectivity index (χ2n) is 7.55. The highest BCUT2D eigenvalue weighted by molar-refractivity contribution is 9.10. The number of nitrogens with zero attached hydrogens (tertiary/aromatic N) is 1. The quantitative estimate of drug-likeness (QED) is 0.300. The first-order valence-corrected chi connectivity index (χ1v) is 13.2. The number of rotatable bonds is 9. The monoisotopic (exact) mass is 549 g/mol. The van der Waals surface area contributed by atoms with Crippen LogP contribution in [0.2, 0.25) is 5.02 Å². The molecule has 0 heterocycles. The van der Waals surface area contributed by atoms with Crippen LogP contribution in [0.3, 0.4) is 0 Å². The van der Waals surface area contributed by atoms with Gasteiger partial charge in [-0.05, 0) is 79.9 Å². The van der Waals surface area contributed by atoms with Gasteiger partial charge in [-0.15, -0.1) is 0 Å². The summed E-state index contributed by atoms with van der Waals surface area (Å²) < 4.78 is 34.5. The molecule has 1 amide bonds. The molecule has 0 radical (unpaired) electrons. The number of ether oxygens (including phenoxy) is 1. The van der Waals surface area contributed by atoms with Crippen molar-refractivity contribution < 1.29 is 17.9 Å². The minimum absolute atomic E-state index is 0.0371. The van der Waals surface area contributed by atoms with Crippen LogP contribution in [-0.2, 0) is 21.2 Å². The zero-order chi connectivity index (χ0) is 24.0. The molecule has 0 aliphatic rings. The van der Waals surface area contributed by atoms with Gasteiger partial charge in [-0.25, -0.2) is 8.42 Å². The van der Waals surface area contributed by atoms with Gasteiger partial charge >= 0.3 is 0 Å². The molecular formula is C25H25BrClNO4S. The summed E-state index contributed by atoms with van der Waals surface area (Å²) in [5.74, 6) is -0.254. The maximum absolute atomic E-state index is 13.6. The van der Waals surface area contributed by atoms with Gasteiger partial charge in [-0.3, -0.25) is 4.79 Å². The van der Waals surface area contributed by atoms with E-state index in [4.69, 9.17) is 16.3 Å². The Hall–Kier alpha value is -2.35. The van der Waals surface area contributed by atoms with Crippen molar-refractivity contribution in [2.75, 3.05) is 4.31 Å². The molecule has 8 heteroatoms. The molecule has 1 unspecified atom stereocenters. The first kappa shape index (κ1) is 25.3. The number of amides is 1. The fraction of sp³-hybridized carbons (Fsp3) is 0.240. The van der Waals surface area contributed by atoms with Crippen molar-refractivity contribution in [2.24, 2.45) is 0 Å². The summed E-state index contributed by atoms with van der Waals surface area (Å²) >= 11 is 9.30. The van der Waals surface area contributed by atoms with E-state index in [0.29, 0.717) is 10.8 Å². The van der Waals surface area contributed by atoms with Crippen LogP contribution in [0.4, 0.5) is 5.69 Å². The Morgan fingerprint density at radius 1 is 1.06 bits per heavy atom. The largest absolute Gasteiger partial charge is 0.481 e. The number of hydrogen-bond acceptors (Lipinski definition) is 4. The third-order valence-electron chi connectivity index (χ3n) is 5.00. The van der Waals surface area contributed by atoms with Crippen molar-refractivity contribution in [1.29, 1.82) is 0 Å². The van der Waals surface area contributed by atoms with E-state index in [1.165, 1.54) is 31.2 Å². The number of benzene rings is 3. The molecule has 1 atom stereocenters. The van der Waals surface area contributed by atoms with E-state index >= 15 is 0 Å². The molecule has 0 aliphatic carbocycles. The highest BCUT2D eigenvalue weighted by Gasteiger charge is 2.35. The van der Waals surface area contributed by atoms with Crippen molar-refractivity contribution >= 4 is 49.1 Å². The Balaban J connectivity index is 1.98. The third kappa shape index (κ3) is 6.37. The van der Waals surface area contributed by atoms with E-state index in [-0.39, 0.29) is 10.6 Å². The van der Waals surface area contributed by atoms with Crippen molar-refractivity contribution in [3.63, 3.8) is 0 Å². The molecule has 0 saturated heterocycles. The maximum atomic E-state index is 13.6. The summed E-state index contributed by atoms with van der Waals surface area (Å²) in [5, 5.41) is 0.401. The van der Waals surface area contributed by atoms with Gasteiger partial charge in [0.25, 0.3) is 15.9 Å². The fourth-order valence-electron chi connectivity index (χ4n) is 3.24. The SMILES string of the molecule is CCCCc1ccc(N(C(=O)C(C)Oc2cccc(Br)c2)S(=O)(=O)c2ccc(Cl)cc2)cc1. The number of sulfonamides is 1. The molecule has 33 heavy (non-hydrogen) atoms. The van der Waals surface area contributed by atoms with Crippen LogP contribution >= 0.6 is 27.5 Å². The van der Waals surface area contributed by atoms with E-state index in [9.17, 15) is 13.2 Å². The highest BCUT2D eigenvalue weighted by Crippen LogP contribution is 2.28. The number of hydrogen-bond donors (Lipinski definition) is 0. The topological polar surface area (TPSA) is 63.7 Å². The van der Waals surface area contributed by atoms with Gasteiger partial charge in [0.15, 0.2) is 6.10 Å². The Morgan fingerprint density at radius 2 is 1.73 bits per heavy atom. The number of unbranched alkanes of at least 4 members (excludes halogenated alkanes) is 1. The first-order chi connectivity index (χ1) is 15.7. The first-order valence-electron chi connectivity index (χ1n) is 10.6. The molecule has 5 nitrogen and oxygen atoms in total. The molecule has 3 aromatic rings. The Kier molecular flexibility index (Phi) is 8.57. The summed E-state index contributed by atoms with van der Waals surface area (Å²) in [6.45, 7) is 3.64. The lowest BCUT2D eigenvalue weighted by atomic mass is 10.1. The van der Waals surface area contributed by atoms with E-state index in [2.05, 4.69) is 22.9 Å². The molecule has 174 valence electrons. The van der Waals surface area contributed by atoms with Crippen LogP contribution in [0.5, 0.6) is 5.75 Å². The lowest BCUT2D eigenvalue weighted by Crippen LogP contribution is -2.44. The average Bonchev–Trinajstić information content (AvgIpc) is 2.78. The molecule has 3 rings (SSSR count). The number of carbonyl (C=O) groups excluding carboxylic acids is 1. The van der Waals surface area contributed by atoms with Gasteiger partial charge in [0.2, 0.25) is 0 Å². The van der Waals surface area contributed by atoms with Crippen LogP contribution in [0.15, 0.2) is 82.2 Å². The Bertz CT molecular complexity index is 1200. The van der Waals surface area contributed by atoms with E-state index in [1.807, 2.05) is 18.2 Å². The van der Waals surface area contributed by atoms with Gasteiger partial charge in [0, 0.05) is 9.50 Å². The molecule has 0 aliphatic heterocycles. The molecule has 0 bridgehead atoms. The highest BCUT2D eigenvalue weighted by atomic mass is 79.9. The summed E-state index contributed by atoms with van der Waals surface area (Å²) in [6, 6.07) is 19.7. The summed E-state index contributed by atoms with van der Waals surface area (Å²) in [7, 11) is -4.21. The van der Waals surface area contributed by atoms with Crippen LogP contribution in [-0.4, -0.2) is 20.4 Å². The van der Waals surface area contributed by atoms with Crippen molar-refractivity contribution in [3.05, 3.63) is 87.9 Å². The van der Waals surface area contributed by atoms with E-state index in [1.54, 1.807) is 30.3 Å². The van der Waals surface area contributed by atoms with E-state index in [0.717, 1.165) is 33.6 Å². The van der Waals surface area contributed by atoms with Gasteiger partial charge in [-0.1, -0.05) is 59.1 Å². The minimum atomic E-state index is -4.21. The average molecular weight is 551 g/mol. The second-order valence-corrected chi connectivity index (χ2v) is 10.7. The Morgan fingerprint density at radius 3 is 2.33 bits per heavy atom. The molecule has 0 spiro atoms. The maximum Gasteiger partial charge on any atom is 0.281 e.